The summed E-state index contributed by atoms with van der Waals surface area (Å²) in [5.41, 5.74) is 3.57. The first-order valence-corrected chi connectivity index (χ1v) is 9.06. The Kier molecular flexibility index (Phi) is 3.59. The first-order valence-electron chi connectivity index (χ1n) is 9.06. The molecule has 0 bridgehead atoms. The second-order valence-corrected chi connectivity index (χ2v) is 7.02. The summed E-state index contributed by atoms with van der Waals surface area (Å²) in [5.74, 6) is 1.29. The maximum atomic E-state index is 12.7. The number of fused-ring (bicyclic) bond motifs is 1. The Morgan fingerprint density at radius 1 is 1.04 bits per heavy atom. The Balaban J connectivity index is 1.37. The van der Waals surface area contributed by atoms with Gasteiger partial charge in [0.25, 0.3) is 0 Å². The number of rotatable bonds is 3. The van der Waals surface area contributed by atoms with E-state index in [0.29, 0.717) is 24.7 Å². The monoisotopic (exact) mass is 345 g/mol. The number of amides is 1. The van der Waals surface area contributed by atoms with Gasteiger partial charge in [-0.25, -0.2) is 0 Å². The van der Waals surface area contributed by atoms with Gasteiger partial charge in [0.05, 0.1) is 12.0 Å². The van der Waals surface area contributed by atoms with Crippen molar-refractivity contribution in [2.45, 2.75) is 31.2 Å². The minimum absolute atomic E-state index is 0.0276. The van der Waals surface area contributed by atoms with Crippen molar-refractivity contribution in [3.05, 3.63) is 71.6 Å². The van der Waals surface area contributed by atoms with Crippen LogP contribution in [0.5, 0.6) is 0 Å². The summed E-state index contributed by atoms with van der Waals surface area (Å²) in [6.45, 7) is 0.647. The number of benzene rings is 2. The molecule has 2 atom stereocenters. The van der Waals surface area contributed by atoms with Crippen molar-refractivity contribution in [3.8, 4) is 11.4 Å². The molecule has 1 aliphatic carbocycles. The molecule has 1 fully saturated rings. The van der Waals surface area contributed by atoms with Crippen molar-refractivity contribution >= 4 is 5.91 Å². The lowest BCUT2D eigenvalue weighted by atomic mass is 10.1. The van der Waals surface area contributed by atoms with Crippen LogP contribution < -0.4 is 0 Å². The predicted octanol–water partition coefficient (Wildman–Crippen LogP) is 3.74. The second-order valence-electron chi connectivity index (χ2n) is 7.02. The van der Waals surface area contributed by atoms with Crippen LogP contribution in [0.4, 0.5) is 0 Å². The van der Waals surface area contributed by atoms with Crippen molar-refractivity contribution in [1.29, 1.82) is 0 Å². The molecular weight excluding hydrogens is 326 g/mol. The number of nitrogens with zero attached hydrogens (tertiary/aromatic N) is 3. The number of hydrogen-bond donors (Lipinski definition) is 0. The number of aryl methyl sites for hydroxylation is 1. The third-order valence-corrected chi connectivity index (χ3v) is 5.46. The van der Waals surface area contributed by atoms with Crippen LogP contribution in [0.15, 0.2) is 59.1 Å². The van der Waals surface area contributed by atoms with Gasteiger partial charge >= 0.3 is 0 Å². The number of aromatic nitrogens is 2. The van der Waals surface area contributed by atoms with Crippen LogP contribution in [0.1, 0.15) is 41.8 Å². The standard InChI is InChI=1S/C21H19N3O2/c25-19-12-16(21-22-20(23-26-21)15-7-2-1-3-8-15)13-24(19)18-11-10-14-6-4-5-9-17(14)18/h1-9,16,18H,10-13H2. The van der Waals surface area contributed by atoms with E-state index in [2.05, 4.69) is 34.4 Å². The summed E-state index contributed by atoms with van der Waals surface area (Å²) < 4.78 is 5.49. The van der Waals surface area contributed by atoms with Crippen LogP contribution >= 0.6 is 0 Å². The minimum Gasteiger partial charge on any atom is -0.339 e. The first kappa shape index (κ1) is 15.3. The van der Waals surface area contributed by atoms with Crippen LogP contribution in [-0.2, 0) is 11.2 Å². The van der Waals surface area contributed by atoms with Gasteiger partial charge in [0.2, 0.25) is 17.6 Å². The molecule has 1 saturated heterocycles. The van der Waals surface area contributed by atoms with Crippen molar-refractivity contribution in [1.82, 2.24) is 15.0 Å². The van der Waals surface area contributed by atoms with Gasteiger partial charge in [0.1, 0.15) is 0 Å². The van der Waals surface area contributed by atoms with E-state index in [-0.39, 0.29) is 17.9 Å². The fourth-order valence-electron chi connectivity index (χ4n) is 4.16. The molecule has 2 heterocycles. The Morgan fingerprint density at radius 3 is 2.73 bits per heavy atom. The molecule has 1 aliphatic heterocycles. The summed E-state index contributed by atoms with van der Waals surface area (Å²) in [6, 6.07) is 18.4. The summed E-state index contributed by atoms with van der Waals surface area (Å²) in [7, 11) is 0. The second kappa shape index (κ2) is 6.09. The molecular formula is C21H19N3O2. The van der Waals surface area contributed by atoms with Crippen LogP contribution in [-0.4, -0.2) is 27.5 Å². The molecule has 2 aliphatic rings. The lowest BCUT2D eigenvalue weighted by Crippen LogP contribution is -2.28. The van der Waals surface area contributed by atoms with Gasteiger partial charge in [-0.05, 0) is 24.0 Å². The highest BCUT2D eigenvalue weighted by atomic mass is 16.5. The zero-order chi connectivity index (χ0) is 17.5. The maximum Gasteiger partial charge on any atom is 0.232 e. The lowest BCUT2D eigenvalue weighted by Gasteiger charge is -2.25. The number of carbonyl (C=O) groups excluding carboxylic acids is 1. The first-order chi connectivity index (χ1) is 12.8. The molecule has 0 radical (unpaired) electrons. The van der Waals surface area contributed by atoms with Crippen molar-refractivity contribution in [3.63, 3.8) is 0 Å². The highest BCUT2D eigenvalue weighted by molar-refractivity contribution is 5.80. The van der Waals surface area contributed by atoms with E-state index in [1.165, 1.54) is 11.1 Å². The zero-order valence-electron chi connectivity index (χ0n) is 14.3. The summed E-state index contributed by atoms with van der Waals surface area (Å²) in [4.78, 5) is 19.2. The quantitative estimate of drug-likeness (QED) is 0.725. The average molecular weight is 345 g/mol. The van der Waals surface area contributed by atoms with Gasteiger partial charge in [-0.2, -0.15) is 4.98 Å². The van der Waals surface area contributed by atoms with Crippen LogP contribution in [0.3, 0.4) is 0 Å². The normalized spacial score (nSPS) is 22.0. The van der Waals surface area contributed by atoms with E-state index in [4.69, 9.17) is 4.52 Å². The third kappa shape index (κ3) is 2.51. The molecule has 0 N–H and O–H groups in total. The van der Waals surface area contributed by atoms with Crippen molar-refractivity contribution in [2.75, 3.05) is 6.54 Å². The lowest BCUT2D eigenvalue weighted by molar-refractivity contribution is -0.129. The molecule has 0 spiro atoms. The Bertz CT molecular complexity index is 951. The molecule has 130 valence electrons. The smallest absolute Gasteiger partial charge is 0.232 e. The Labute approximate surface area is 151 Å². The predicted molar refractivity (Wildman–Crippen MR) is 96.3 cm³/mol. The average Bonchev–Trinajstić information content (AvgIpc) is 3.40. The molecule has 5 heteroatoms. The molecule has 5 nitrogen and oxygen atoms in total. The molecule has 26 heavy (non-hydrogen) atoms. The van der Waals surface area contributed by atoms with Gasteiger partial charge in [-0.1, -0.05) is 59.8 Å². The molecule has 1 aromatic heterocycles. The van der Waals surface area contributed by atoms with Gasteiger partial charge < -0.3 is 9.42 Å². The third-order valence-electron chi connectivity index (χ3n) is 5.46. The van der Waals surface area contributed by atoms with E-state index < -0.39 is 0 Å². The van der Waals surface area contributed by atoms with Crippen LogP contribution in [0.2, 0.25) is 0 Å². The zero-order valence-corrected chi connectivity index (χ0v) is 14.3. The van der Waals surface area contributed by atoms with Gasteiger partial charge in [-0.3, -0.25) is 4.79 Å². The van der Waals surface area contributed by atoms with Gasteiger partial charge in [-0.15, -0.1) is 0 Å². The van der Waals surface area contributed by atoms with E-state index in [1.54, 1.807) is 0 Å². The fraction of sp³-hybridized carbons (Fsp3) is 0.286. The molecule has 3 aromatic rings. The number of hydrogen-bond acceptors (Lipinski definition) is 4. The number of carbonyl (C=O) groups is 1. The Morgan fingerprint density at radius 2 is 1.85 bits per heavy atom. The van der Waals surface area contributed by atoms with Gasteiger partial charge in [0.15, 0.2) is 0 Å². The summed E-state index contributed by atoms with van der Waals surface area (Å²) in [6.07, 6.45) is 2.47. The summed E-state index contributed by atoms with van der Waals surface area (Å²) in [5, 5.41) is 4.10. The fourth-order valence-corrected chi connectivity index (χ4v) is 4.16. The summed E-state index contributed by atoms with van der Waals surface area (Å²) >= 11 is 0. The highest BCUT2D eigenvalue weighted by Gasteiger charge is 2.40. The highest BCUT2D eigenvalue weighted by Crippen LogP contribution is 2.40. The number of likely N-dealkylation sites (tertiary alicyclic amines) is 1. The topological polar surface area (TPSA) is 59.2 Å². The largest absolute Gasteiger partial charge is 0.339 e. The molecule has 2 unspecified atom stereocenters. The molecule has 5 rings (SSSR count). The van der Waals surface area contributed by atoms with Crippen LogP contribution in [0.25, 0.3) is 11.4 Å². The SMILES string of the molecule is O=C1CC(c2nc(-c3ccccc3)no2)CN1C1CCc2ccccc21. The molecule has 1 amide bonds. The van der Waals surface area contributed by atoms with Gasteiger partial charge in [0, 0.05) is 18.5 Å². The van der Waals surface area contributed by atoms with Crippen molar-refractivity contribution < 1.29 is 9.32 Å². The Hall–Kier alpha value is -2.95. The maximum absolute atomic E-state index is 12.7. The van der Waals surface area contributed by atoms with E-state index in [1.807, 2.05) is 35.2 Å². The minimum atomic E-state index is -0.0276. The van der Waals surface area contributed by atoms with Crippen LogP contribution in [0, 0.1) is 0 Å². The molecule has 0 saturated carbocycles. The van der Waals surface area contributed by atoms with Crippen molar-refractivity contribution in [2.24, 2.45) is 0 Å². The van der Waals surface area contributed by atoms with E-state index >= 15 is 0 Å². The van der Waals surface area contributed by atoms with E-state index in [0.717, 1.165) is 18.4 Å². The van der Waals surface area contributed by atoms with E-state index in [9.17, 15) is 4.79 Å². The molecule has 2 aromatic carbocycles.